The summed E-state index contributed by atoms with van der Waals surface area (Å²) in [5.74, 6) is -0.328. The smallest absolute Gasteiger partial charge is 0.268 e. The third-order valence-corrected chi connectivity index (χ3v) is 3.97. The van der Waals surface area contributed by atoms with Crippen LogP contribution in [-0.4, -0.2) is 24.3 Å². The molecular formula is C18H16ClFN2O3. The number of rotatable bonds is 5. The topological polar surface area (TPSA) is 59.9 Å². The molecule has 0 saturated heterocycles. The second-order valence-electron chi connectivity index (χ2n) is 5.35. The fraction of sp³-hybridized carbons (Fsp3) is 0.222. The Kier molecular flexibility index (Phi) is 5.19. The van der Waals surface area contributed by atoms with Crippen molar-refractivity contribution < 1.29 is 18.8 Å². The Hall–Kier alpha value is -2.60. The highest BCUT2D eigenvalue weighted by Gasteiger charge is 2.31. The Labute approximate surface area is 149 Å². The number of hydrogen-bond acceptors (Lipinski definition) is 4. The van der Waals surface area contributed by atoms with Gasteiger partial charge in [0.05, 0.1) is 28.6 Å². The number of halogens is 2. The summed E-state index contributed by atoms with van der Waals surface area (Å²) in [7, 11) is 0. The largest absolute Gasteiger partial charge is 0.492 e. The molecular weight excluding hydrogens is 347 g/mol. The number of carbonyl (C=O) groups excluding carboxylic acids is 1. The maximum Gasteiger partial charge on any atom is 0.268 e. The standard InChI is InChI=1S/C18H16ClFN2O3/c1-2-24-15-9-4-3-8-13(15)21-18(23)16-10-14(22-25-16)17-11(19)6-5-7-12(17)20/h3-9,16H,2,10H2,1H3,(H,21,23). The zero-order chi connectivity index (χ0) is 17.8. The minimum absolute atomic E-state index is 0.128. The Morgan fingerprint density at radius 2 is 2.16 bits per heavy atom. The lowest BCUT2D eigenvalue weighted by molar-refractivity contribution is -0.125. The van der Waals surface area contributed by atoms with Crippen LogP contribution in [0, 0.1) is 5.82 Å². The molecule has 0 aliphatic carbocycles. The number of nitrogens with zero attached hydrogens (tertiary/aromatic N) is 1. The third kappa shape index (κ3) is 3.74. The van der Waals surface area contributed by atoms with Gasteiger partial charge >= 0.3 is 0 Å². The van der Waals surface area contributed by atoms with Crippen LogP contribution in [-0.2, 0) is 9.63 Å². The van der Waals surface area contributed by atoms with Gasteiger partial charge in [-0.15, -0.1) is 0 Å². The number of hydrogen-bond donors (Lipinski definition) is 1. The van der Waals surface area contributed by atoms with E-state index in [9.17, 15) is 9.18 Å². The first-order chi connectivity index (χ1) is 12.1. The molecule has 0 aromatic heterocycles. The van der Waals surface area contributed by atoms with Crippen molar-refractivity contribution in [3.63, 3.8) is 0 Å². The molecule has 5 nitrogen and oxygen atoms in total. The molecule has 1 heterocycles. The fourth-order valence-corrected chi connectivity index (χ4v) is 2.78. The van der Waals surface area contributed by atoms with Crippen LogP contribution in [0.2, 0.25) is 5.02 Å². The van der Waals surface area contributed by atoms with E-state index in [-0.39, 0.29) is 17.0 Å². The number of benzene rings is 2. The van der Waals surface area contributed by atoms with Crippen molar-refractivity contribution >= 4 is 28.9 Å². The van der Waals surface area contributed by atoms with Gasteiger partial charge in [-0.25, -0.2) is 4.39 Å². The second-order valence-corrected chi connectivity index (χ2v) is 5.76. The van der Waals surface area contributed by atoms with Crippen LogP contribution in [0.3, 0.4) is 0 Å². The van der Waals surface area contributed by atoms with E-state index < -0.39 is 17.8 Å². The van der Waals surface area contributed by atoms with Crippen LogP contribution in [0.4, 0.5) is 10.1 Å². The van der Waals surface area contributed by atoms with Crippen LogP contribution in [0.25, 0.3) is 0 Å². The predicted octanol–water partition coefficient (Wildman–Crippen LogP) is 4.01. The molecule has 0 spiro atoms. The summed E-state index contributed by atoms with van der Waals surface area (Å²) in [6, 6.07) is 11.4. The molecule has 0 bridgehead atoms. The predicted molar refractivity (Wildman–Crippen MR) is 93.7 cm³/mol. The lowest BCUT2D eigenvalue weighted by atomic mass is 10.0. The first-order valence-electron chi connectivity index (χ1n) is 7.80. The number of oxime groups is 1. The fourth-order valence-electron chi connectivity index (χ4n) is 2.50. The van der Waals surface area contributed by atoms with Gasteiger partial charge in [0.1, 0.15) is 11.6 Å². The van der Waals surface area contributed by atoms with E-state index in [1.54, 1.807) is 24.3 Å². The monoisotopic (exact) mass is 362 g/mol. The van der Waals surface area contributed by atoms with E-state index >= 15 is 0 Å². The molecule has 1 N–H and O–H groups in total. The van der Waals surface area contributed by atoms with Crippen molar-refractivity contribution in [2.45, 2.75) is 19.4 Å². The highest BCUT2D eigenvalue weighted by atomic mass is 35.5. The van der Waals surface area contributed by atoms with E-state index in [1.807, 2.05) is 13.0 Å². The van der Waals surface area contributed by atoms with Crippen LogP contribution in [0.5, 0.6) is 5.75 Å². The number of carbonyl (C=O) groups is 1. The minimum Gasteiger partial charge on any atom is -0.492 e. The number of amides is 1. The molecule has 0 saturated carbocycles. The molecule has 1 aliphatic heterocycles. The van der Waals surface area contributed by atoms with Gasteiger partial charge in [0, 0.05) is 6.42 Å². The van der Waals surface area contributed by atoms with Crippen molar-refractivity contribution in [2.24, 2.45) is 5.16 Å². The van der Waals surface area contributed by atoms with E-state index in [4.69, 9.17) is 21.2 Å². The van der Waals surface area contributed by atoms with Crippen LogP contribution >= 0.6 is 11.6 Å². The molecule has 1 aliphatic rings. The van der Waals surface area contributed by atoms with E-state index in [0.29, 0.717) is 23.8 Å². The zero-order valence-corrected chi connectivity index (χ0v) is 14.2. The summed E-state index contributed by atoms with van der Waals surface area (Å²) in [6.07, 6.45) is -0.733. The number of nitrogens with one attached hydrogen (secondary N) is 1. The lowest BCUT2D eigenvalue weighted by Gasteiger charge is -2.13. The molecule has 2 aromatic carbocycles. The van der Waals surface area contributed by atoms with Gasteiger partial charge in [-0.05, 0) is 31.2 Å². The Morgan fingerprint density at radius 1 is 1.36 bits per heavy atom. The number of anilines is 1. The second kappa shape index (κ2) is 7.53. The SMILES string of the molecule is CCOc1ccccc1NC(=O)C1CC(c2c(F)cccc2Cl)=NO1. The number of ether oxygens (including phenoxy) is 1. The maximum atomic E-state index is 14.0. The van der Waals surface area contributed by atoms with Gasteiger partial charge in [0.25, 0.3) is 5.91 Å². The van der Waals surface area contributed by atoms with Crippen molar-refractivity contribution in [2.75, 3.05) is 11.9 Å². The molecule has 0 fully saturated rings. The molecule has 130 valence electrons. The summed E-state index contributed by atoms with van der Waals surface area (Å²) < 4.78 is 19.4. The molecule has 2 aromatic rings. The average Bonchev–Trinajstić information content (AvgIpc) is 3.06. The normalized spacial score (nSPS) is 16.1. The number of para-hydroxylation sites is 2. The van der Waals surface area contributed by atoms with Gasteiger partial charge in [-0.2, -0.15) is 0 Å². The average molecular weight is 363 g/mol. The first-order valence-corrected chi connectivity index (χ1v) is 8.17. The molecule has 1 atom stereocenters. The van der Waals surface area contributed by atoms with Crippen molar-refractivity contribution in [3.8, 4) is 5.75 Å². The first kappa shape index (κ1) is 17.2. The molecule has 0 radical (unpaired) electrons. The van der Waals surface area contributed by atoms with Crippen LogP contribution in [0.15, 0.2) is 47.6 Å². The summed E-state index contributed by atoms with van der Waals surface area (Å²) in [6.45, 7) is 2.34. The minimum atomic E-state index is -0.861. The van der Waals surface area contributed by atoms with E-state index in [1.165, 1.54) is 12.1 Å². The summed E-state index contributed by atoms with van der Waals surface area (Å²) in [5.41, 5.74) is 1.01. The summed E-state index contributed by atoms with van der Waals surface area (Å²) in [4.78, 5) is 17.6. The molecule has 7 heteroatoms. The van der Waals surface area contributed by atoms with E-state index in [2.05, 4.69) is 10.5 Å². The zero-order valence-electron chi connectivity index (χ0n) is 13.5. The van der Waals surface area contributed by atoms with Gasteiger partial charge in [0.2, 0.25) is 6.10 Å². The Morgan fingerprint density at radius 3 is 2.92 bits per heavy atom. The third-order valence-electron chi connectivity index (χ3n) is 3.66. The molecule has 1 unspecified atom stereocenters. The highest BCUT2D eigenvalue weighted by molar-refractivity contribution is 6.34. The van der Waals surface area contributed by atoms with Crippen molar-refractivity contribution in [1.82, 2.24) is 0 Å². The van der Waals surface area contributed by atoms with Gasteiger partial charge in [-0.1, -0.05) is 35.0 Å². The van der Waals surface area contributed by atoms with Gasteiger partial charge < -0.3 is 14.9 Å². The van der Waals surface area contributed by atoms with Crippen molar-refractivity contribution in [3.05, 3.63) is 58.9 Å². The van der Waals surface area contributed by atoms with Gasteiger partial charge in [0.15, 0.2) is 0 Å². The van der Waals surface area contributed by atoms with Crippen molar-refractivity contribution in [1.29, 1.82) is 0 Å². The highest BCUT2D eigenvalue weighted by Crippen LogP contribution is 2.28. The van der Waals surface area contributed by atoms with Gasteiger partial charge in [-0.3, -0.25) is 4.79 Å². The quantitative estimate of drug-likeness (QED) is 0.874. The maximum absolute atomic E-state index is 14.0. The Balaban J connectivity index is 1.70. The Bertz CT molecular complexity index is 805. The molecule has 3 rings (SSSR count). The molecule has 25 heavy (non-hydrogen) atoms. The lowest BCUT2D eigenvalue weighted by Crippen LogP contribution is -2.28. The molecule has 1 amide bonds. The summed E-state index contributed by atoms with van der Waals surface area (Å²) in [5, 5.41) is 6.81. The van der Waals surface area contributed by atoms with Crippen LogP contribution in [0.1, 0.15) is 18.9 Å². The van der Waals surface area contributed by atoms with E-state index in [0.717, 1.165) is 0 Å². The summed E-state index contributed by atoms with van der Waals surface area (Å²) >= 11 is 6.03. The van der Waals surface area contributed by atoms with Crippen LogP contribution < -0.4 is 10.1 Å².